The smallest absolute Gasteiger partial charge is 0.318 e. The van der Waals surface area contributed by atoms with Crippen molar-refractivity contribution in [3.63, 3.8) is 0 Å². The molecule has 1 aromatic carbocycles. The quantitative estimate of drug-likeness (QED) is 0.847. The molecule has 2 aliphatic rings. The van der Waals surface area contributed by atoms with Crippen LogP contribution < -0.4 is 5.32 Å². The second-order valence-corrected chi connectivity index (χ2v) is 7.81. The molecule has 2 aliphatic heterocycles. The Morgan fingerprint density at radius 1 is 1.29 bits per heavy atom. The Morgan fingerprint density at radius 3 is 3.04 bits per heavy atom. The number of benzene rings is 1. The van der Waals surface area contributed by atoms with Gasteiger partial charge in [0, 0.05) is 35.6 Å². The number of carbonyl (C=O) groups excluding carboxylic acids is 1. The van der Waals surface area contributed by atoms with Crippen LogP contribution in [0, 0.1) is 6.92 Å². The molecular weight excluding hydrogens is 318 g/mol. The maximum Gasteiger partial charge on any atom is 0.318 e. The second kappa shape index (κ2) is 6.20. The van der Waals surface area contributed by atoms with Gasteiger partial charge in [0.25, 0.3) is 0 Å². The van der Waals surface area contributed by atoms with Crippen molar-refractivity contribution < 1.29 is 4.79 Å². The van der Waals surface area contributed by atoms with E-state index in [0.717, 1.165) is 25.3 Å². The largest absolute Gasteiger partial charge is 0.348 e. The molecule has 0 saturated carbocycles. The highest BCUT2D eigenvalue weighted by Crippen LogP contribution is 2.37. The fourth-order valence-electron chi connectivity index (χ4n) is 3.75. The van der Waals surface area contributed by atoms with E-state index in [1.807, 2.05) is 16.7 Å². The van der Waals surface area contributed by atoms with E-state index in [2.05, 4.69) is 60.3 Å². The van der Waals surface area contributed by atoms with Crippen molar-refractivity contribution in [3.05, 3.63) is 53.3 Å². The molecule has 0 radical (unpaired) electrons. The summed E-state index contributed by atoms with van der Waals surface area (Å²) in [5.74, 6) is 1.05. The summed E-state index contributed by atoms with van der Waals surface area (Å²) in [6, 6.07) is 11.0. The molecule has 126 valence electrons. The topological polar surface area (TPSA) is 37.3 Å². The number of urea groups is 1. The molecule has 0 fully saturated rings. The van der Waals surface area contributed by atoms with Gasteiger partial charge in [-0.3, -0.25) is 0 Å². The normalized spacial score (nSPS) is 22.7. The molecule has 1 N–H and O–H groups in total. The van der Waals surface area contributed by atoms with Gasteiger partial charge in [-0.2, -0.15) is 0 Å². The number of hydrogen-bond acceptors (Lipinski definition) is 2. The number of aromatic nitrogens is 1. The average Bonchev–Trinajstić information content (AvgIpc) is 3.05. The molecule has 24 heavy (non-hydrogen) atoms. The molecule has 0 spiro atoms. The molecule has 0 aliphatic carbocycles. The van der Waals surface area contributed by atoms with Crippen molar-refractivity contribution >= 4 is 17.8 Å². The highest BCUT2D eigenvalue weighted by atomic mass is 32.2. The first-order chi connectivity index (χ1) is 11.6. The van der Waals surface area contributed by atoms with Crippen LogP contribution >= 0.6 is 11.8 Å². The summed E-state index contributed by atoms with van der Waals surface area (Å²) >= 11 is 1.89. The number of nitrogens with one attached hydrogen (secondary N) is 1. The number of nitrogens with zero attached hydrogens (tertiary/aromatic N) is 2. The summed E-state index contributed by atoms with van der Waals surface area (Å²) in [5.41, 5.74) is 3.74. The third-order valence-corrected chi connectivity index (χ3v) is 6.23. The number of thioether (sulfide) groups is 1. The maximum absolute atomic E-state index is 12.9. The SMILES string of the molecule is Cc1ccc2c(c1)[C@H](NC(=O)N1CCn3cccc3[C@H]1C)CCS2. The molecule has 0 unspecified atom stereocenters. The van der Waals surface area contributed by atoms with Gasteiger partial charge in [0.1, 0.15) is 0 Å². The van der Waals surface area contributed by atoms with Gasteiger partial charge in [-0.15, -0.1) is 11.8 Å². The monoisotopic (exact) mass is 341 g/mol. The van der Waals surface area contributed by atoms with Crippen molar-refractivity contribution in [3.8, 4) is 0 Å². The Hall–Kier alpha value is -1.88. The third kappa shape index (κ3) is 2.71. The standard InChI is InChI=1S/C19H23N3OS/c1-13-5-6-18-15(12-13)16(7-11-24-18)20-19(23)22-10-9-21-8-3-4-17(21)14(22)2/h3-6,8,12,14,16H,7,9-11H2,1-2H3,(H,20,23)/t14-,16-/m1/s1. The average molecular weight is 341 g/mol. The first-order valence-corrected chi connectivity index (χ1v) is 9.57. The Bertz CT molecular complexity index is 770. The van der Waals surface area contributed by atoms with Gasteiger partial charge in [0.05, 0.1) is 12.1 Å². The summed E-state index contributed by atoms with van der Waals surface area (Å²) < 4.78 is 2.24. The Balaban J connectivity index is 1.53. The van der Waals surface area contributed by atoms with Gasteiger partial charge in [0.2, 0.25) is 0 Å². The minimum Gasteiger partial charge on any atom is -0.348 e. The summed E-state index contributed by atoms with van der Waals surface area (Å²) in [6.45, 7) is 5.85. The van der Waals surface area contributed by atoms with Crippen molar-refractivity contribution in [2.75, 3.05) is 12.3 Å². The number of rotatable bonds is 1. The number of aryl methyl sites for hydroxylation is 1. The maximum atomic E-state index is 12.9. The first-order valence-electron chi connectivity index (χ1n) is 8.59. The van der Waals surface area contributed by atoms with E-state index in [1.54, 1.807) is 0 Å². The lowest BCUT2D eigenvalue weighted by atomic mass is 10.0. The molecule has 2 amide bonds. The van der Waals surface area contributed by atoms with E-state index >= 15 is 0 Å². The molecule has 0 bridgehead atoms. The summed E-state index contributed by atoms with van der Waals surface area (Å²) in [7, 11) is 0. The zero-order chi connectivity index (χ0) is 16.7. The summed E-state index contributed by atoms with van der Waals surface area (Å²) in [5, 5.41) is 3.29. The number of amides is 2. The van der Waals surface area contributed by atoms with Gasteiger partial charge < -0.3 is 14.8 Å². The summed E-state index contributed by atoms with van der Waals surface area (Å²) in [4.78, 5) is 16.2. The predicted molar refractivity (Wildman–Crippen MR) is 97.3 cm³/mol. The molecule has 2 aromatic rings. The molecule has 5 heteroatoms. The lowest BCUT2D eigenvalue weighted by Crippen LogP contribution is -2.47. The van der Waals surface area contributed by atoms with E-state index in [0.29, 0.717) is 0 Å². The van der Waals surface area contributed by atoms with E-state index in [4.69, 9.17) is 0 Å². The number of hydrogen-bond donors (Lipinski definition) is 1. The van der Waals surface area contributed by atoms with E-state index in [1.165, 1.54) is 21.7 Å². The molecule has 3 heterocycles. The molecule has 4 rings (SSSR count). The fourth-order valence-corrected chi connectivity index (χ4v) is 4.86. The van der Waals surface area contributed by atoms with Crippen LogP contribution in [0.3, 0.4) is 0 Å². The summed E-state index contributed by atoms with van der Waals surface area (Å²) in [6.07, 6.45) is 3.09. The van der Waals surface area contributed by atoms with Crippen molar-refractivity contribution in [1.29, 1.82) is 0 Å². The van der Waals surface area contributed by atoms with Crippen LogP contribution in [0.15, 0.2) is 41.4 Å². The lowest BCUT2D eigenvalue weighted by Gasteiger charge is -2.36. The predicted octanol–water partition coefficient (Wildman–Crippen LogP) is 4.12. The minimum atomic E-state index is 0.0549. The zero-order valence-corrected chi connectivity index (χ0v) is 15.0. The van der Waals surface area contributed by atoms with Gasteiger partial charge in [0.15, 0.2) is 0 Å². The van der Waals surface area contributed by atoms with Gasteiger partial charge >= 0.3 is 6.03 Å². The van der Waals surface area contributed by atoms with Crippen molar-refractivity contribution in [1.82, 2.24) is 14.8 Å². The van der Waals surface area contributed by atoms with E-state index in [-0.39, 0.29) is 18.1 Å². The van der Waals surface area contributed by atoms with Crippen molar-refractivity contribution in [2.45, 2.75) is 43.8 Å². The minimum absolute atomic E-state index is 0.0549. The highest BCUT2D eigenvalue weighted by molar-refractivity contribution is 7.99. The van der Waals surface area contributed by atoms with Crippen LogP contribution in [0.5, 0.6) is 0 Å². The molecule has 2 atom stereocenters. The Kier molecular flexibility index (Phi) is 4.04. The lowest BCUT2D eigenvalue weighted by molar-refractivity contribution is 0.158. The Labute approximate surface area is 147 Å². The molecular formula is C19H23N3OS. The molecule has 4 nitrogen and oxygen atoms in total. The third-order valence-electron chi connectivity index (χ3n) is 5.11. The highest BCUT2D eigenvalue weighted by Gasteiger charge is 2.30. The number of carbonyl (C=O) groups is 1. The second-order valence-electron chi connectivity index (χ2n) is 6.68. The van der Waals surface area contributed by atoms with Crippen LogP contribution in [-0.2, 0) is 6.54 Å². The first kappa shape index (κ1) is 15.6. The van der Waals surface area contributed by atoms with Crippen molar-refractivity contribution in [2.24, 2.45) is 0 Å². The fraction of sp³-hybridized carbons (Fsp3) is 0.421. The molecule has 0 saturated heterocycles. The van der Waals surface area contributed by atoms with Crippen LogP contribution in [0.1, 0.15) is 42.2 Å². The van der Waals surface area contributed by atoms with E-state index < -0.39 is 0 Å². The van der Waals surface area contributed by atoms with Gasteiger partial charge in [-0.05, 0) is 44.0 Å². The van der Waals surface area contributed by atoms with E-state index in [9.17, 15) is 4.79 Å². The van der Waals surface area contributed by atoms with Gasteiger partial charge in [-0.25, -0.2) is 4.79 Å². The molecule has 1 aromatic heterocycles. The Morgan fingerprint density at radius 2 is 2.17 bits per heavy atom. The number of fused-ring (bicyclic) bond motifs is 2. The van der Waals surface area contributed by atoms with Gasteiger partial charge in [-0.1, -0.05) is 17.7 Å². The van der Waals surface area contributed by atoms with Crippen LogP contribution in [0.2, 0.25) is 0 Å². The zero-order valence-electron chi connectivity index (χ0n) is 14.2. The van der Waals surface area contributed by atoms with Crippen LogP contribution in [-0.4, -0.2) is 27.8 Å². The van der Waals surface area contributed by atoms with Crippen LogP contribution in [0.4, 0.5) is 4.79 Å². The van der Waals surface area contributed by atoms with Crippen LogP contribution in [0.25, 0.3) is 0 Å².